The predicted octanol–water partition coefficient (Wildman–Crippen LogP) is 3.54. The number of halogens is 1. The molecule has 0 amide bonds. The van der Waals surface area contributed by atoms with Crippen molar-refractivity contribution >= 4 is 0 Å². The van der Waals surface area contributed by atoms with Crippen molar-refractivity contribution in [1.29, 1.82) is 0 Å². The van der Waals surface area contributed by atoms with Crippen molar-refractivity contribution in [3.8, 4) is 0 Å². The second-order valence-electron chi connectivity index (χ2n) is 6.35. The molecular weight excluding hydrogens is 305 g/mol. The summed E-state index contributed by atoms with van der Waals surface area (Å²) in [6, 6.07) is 16.4. The van der Waals surface area contributed by atoms with Crippen LogP contribution in [-0.2, 0) is 11.3 Å². The largest absolute Gasteiger partial charge is 0.387 e. The zero-order valence-electron chi connectivity index (χ0n) is 13.8. The molecule has 3 nitrogen and oxygen atoms in total. The Morgan fingerprint density at radius 2 is 1.88 bits per heavy atom. The minimum absolute atomic E-state index is 0.166. The van der Waals surface area contributed by atoms with Gasteiger partial charge >= 0.3 is 0 Å². The van der Waals surface area contributed by atoms with Crippen LogP contribution in [0.3, 0.4) is 0 Å². The lowest BCUT2D eigenvalue weighted by atomic mass is 10.1. The van der Waals surface area contributed by atoms with Gasteiger partial charge in [-0.25, -0.2) is 4.39 Å². The molecule has 2 unspecified atom stereocenters. The first-order valence-electron chi connectivity index (χ1n) is 8.53. The predicted molar refractivity (Wildman–Crippen MR) is 92.1 cm³/mol. The molecule has 2 atom stereocenters. The van der Waals surface area contributed by atoms with Crippen LogP contribution in [0.5, 0.6) is 0 Å². The summed E-state index contributed by atoms with van der Waals surface area (Å²) in [5, 5.41) is 10.5. The van der Waals surface area contributed by atoms with Gasteiger partial charge in [-0.1, -0.05) is 48.5 Å². The summed E-state index contributed by atoms with van der Waals surface area (Å²) in [5.41, 5.74) is 1.53. The first-order valence-corrected chi connectivity index (χ1v) is 8.53. The van der Waals surface area contributed by atoms with Gasteiger partial charge in [-0.05, 0) is 24.5 Å². The van der Waals surface area contributed by atoms with Gasteiger partial charge in [0.25, 0.3) is 0 Å². The fraction of sp³-hybridized carbons (Fsp3) is 0.400. The van der Waals surface area contributed by atoms with Gasteiger partial charge in [0.15, 0.2) is 0 Å². The van der Waals surface area contributed by atoms with Gasteiger partial charge in [0, 0.05) is 31.8 Å². The highest BCUT2D eigenvalue weighted by molar-refractivity contribution is 5.19. The average molecular weight is 329 g/mol. The lowest BCUT2D eigenvalue weighted by Crippen LogP contribution is -2.35. The Kier molecular flexibility index (Phi) is 5.96. The molecule has 0 saturated carbocycles. The number of benzene rings is 2. The molecule has 1 N–H and O–H groups in total. The molecule has 24 heavy (non-hydrogen) atoms. The Labute approximate surface area is 142 Å². The van der Waals surface area contributed by atoms with Gasteiger partial charge < -0.3 is 9.84 Å². The summed E-state index contributed by atoms with van der Waals surface area (Å²) in [6.07, 6.45) is 1.66. The molecule has 1 heterocycles. The molecule has 4 heteroatoms. The Balaban J connectivity index is 1.70. The quantitative estimate of drug-likeness (QED) is 0.843. The molecule has 0 bridgehead atoms. The average Bonchev–Trinajstić information content (AvgIpc) is 3.10. The van der Waals surface area contributed by atoms with Gasteiger partial charge in [-0.3, -0.25) is 4.90 Å². The van der Waals surface area contributed by atoms with Crippen molar-refractivity contribution in [2.24, 2.45) is 0 Å². The van der Waals surface area contributed by atoms with Crippen molar-refractivity contribution < 1.29 is 14.2 Å². The maximum atomic E-state index is 14.0. The van der Waals surface area contributed by atoms with Crippen LogP contribution >= 0.6 is 0 Å². The molecule has 1 aliphatic heterocycles. The summed E-state index contributed by atoms with van der Waals surface area (Å²) in [5.74, 6) is -0.205. The molecular formula is C20H24FNO2. The maximum absolute atomic E-state index is 14.0. The van der Waals surface area contributed by atoms with E-state index in [0.29, 0.717) is 25.2 Å². The number of nitrogens with zero attached hydrogens (tertiary/aromatic N) is 1. The lowest BCUT2D eigenvalue weighted by Gasteiger charge is -2.27. The number of rotatable bonds is 7. The molecule has 2 aromatic carbocycles. The van der Waals surface area contributed by atoms with E-state index in [-0.39, 0.29) is 11.9 Å². The number of hydrogen-bond donors (Lipinski definition) is 1. The summed E-state index contributed by atoms with van der Waals surface area (Å²) in [6.45, 7) is 2.42. The van der Waals surface area contributed by atoms with Crippen LogP contribution in [0.2, 0.25) is 0 Å². The number of hydrogen-bond acceptors (Lipinski definition) is 3. The van der Waals surface area contributed by atoms with Crippen LogP contribution in [0, 0.1) is 5.82 Å². The van der Waals surface area contributed by atoms with E-state index in [0.717, 1.165) is 25.0 Å². The Morgan fingerprint density at radius 1 is 1.12 bits per heavy atom. The molecule has 0 aliphatic carbocycles. The van der Waals surface area contributed by atoms with Crippen molar-refractivity contribution in [3.05, 3.63) is 71.5 Å². The molecule has 0 spiro atoms. The third kappa shape index (κ3) is 4.63. The molecule has 2 aromatic rings. The summed E-state index contributed by atoms with van der Waals surface area (Å²) in [7, 11) is 0. The van der Waals surface area contributed by atoms with Gasteiger partial charge in [-0.15, -0.1) is 0 Å². The van der Waals surface area contributed by atoms with Crippen LogP contribution < -0.4 is 0 Å². The third-order valence-electron chi connectivity index (χ3n) is 4.45. The van der Waals surface area contributed by atoms with Gasteiger partial charge in [-0.2, -0.15) is 0 Å². The normalized spacial score (nSPS) is 18.9. The van der Waals surface area contributed by atoms with E-state index in [9.17, 15) is 9.50 Å². The van der Waals surface area contributed by atoms with Crippen molar-refractivity contribution in [3.63, 3.8) is 0 Å². The number of aliphatic hydroxyl groups is 1. The van der Waals surface area contributed by atoms with E-state index >= 15 is 0 Å². The first-order chi connectivity index (χ1) is 11.7. The van der Waals surface area contributed by atoms with E-state index in [2.05, 4.69) is 4.90 Å². The Hall–Kier alpha value is -1.75. The maximum Gasteiger partial charge on any atom is 0.127 e. The monoisotopic (exact) mass is 329 g/mol. The standard InChI is InChI=1S/C20H24FNO2/c21-19-11-5-4-9-17(19)13-22(14-18-10-6-12-24-18)15-20(23)16-7-2-1-3-8-16/h1-5,7-9,11,18,20,23H,6,10,12-15H2. The Bertz CT molecular complexity index is 629. The smallest absolute Gasteiger partial charge is 0.127 e. The first kappa shape index (κ1) is 17.1. The third-order valence-corrected chi connectivity index (χ3v) is 4.45. The van der Waals surface area contributed by atoms with Crippen LogP contribution in [0.1, 0.15) is 30.1 Å². The summed E-state index contributed by atoms with van der Waals surface area (Å²) >= 11 is 0. The highest BCUT2D eigenvalue weighted by Crippen LogP contribution is 2.20. The lowest BCUT2D eigenvalue weighted by molar-refractivity contribution is 0.0456. The fourth-order valence-corrected chi connectivity index (χ4v) is 3.17. The van der Waals surface area contributed by atoms with E-state index in [1.54, 1.807) is 12.1 Å². The number of ether oxygens (including phenoxy) is 1. The minimum atomic E-state index is -0.598. The van der Waals surface area contributed by atoms with E-state index in [4.69, 9.17) is 4.74 Å². The molecule has 1 saturated heterocycles. The molecule has 0 radical (unpaired) electrons. The topological polar surface area (TPSA) is 32.7 Å². The van der Waals surface area contributed by atoms with Crippen molar-refractivity contribution in [1.82, 2.24) is 4.90 Å². The van der Waals surface area contributed by atoms with Gasteiger partial charge in [0.1, 0.15) is 5.82 Å². The molecule has 128 valence electrons. The van der Waals surface area contributed by atoms with E-state index in [1.165, 1.54) is 6.07 Å². The van der Waals surface area contributed by atoms with Crippen molar-refractivity contribution in [2.75, 3.05) is 19.7 Å². The van der Waals surface area contributed by atoms with Crippen LogP contribution in [0.4, 0.5) is 4.39 Å². The van der Waals surface area contributed by atoms with Crippen molar-refractivity contribution in [2.45, 2.75) is 31.6 Å². The highest BCUT2D eigenvalue weighted by Gasteiger charge is 2.22. The van der Waals surface area contributed by atoms with Gasteiger partial charge in [0.05, 0.1) is 12.2 Å². The zero-order chi connectivity index (χ0) is 16.8. The number of aliphatic hydroxyl groups excluding tert-OH is 1. The Morgan fingerprint density at radius 3 is 2.58 bits per heavy atom. The zero-order valence-corrected chi connectivity index (χ0v) is 13.8. The molecule has 1 fully saturated rings. The van der Waals surface area contributed by atoms with Crippen LogP contribution in [0.25, 0.3) is 0 Å². The molecule has 1 aliphatic rings. The molecule has 3 rings (SSSR count). The highest BCUT2D eigenvalue weighted by atomic mass is 19.1. The van der Waals surface area contributed by atoms with Crippen LogP contribution in [0.15, 0.2) is 54.6 Å². The second-order valence-corrected chi connectivity index (χ2v) is 6.35. The van der Waals surface area contributed by atoms with E-state index < -0.39 is 6.10 Å². The van der Waals surface area contributed by atoms with Crippen LogP contribution in [-0.4, -0.2) is 35.8 Å². The summed E-state index contributed by atoms with van der Waals surface area (Å²) < 4.78 is 19.7. The molecule has 0 aromatic heterocycles. The SMILES string of the molecule is OC(CN(Cc1ccccc1F)CC1CCCO1)c1ccccc1. The second kappa shape index (κ2) is 8.38. The summed E-state index contributed by atoms with van der Waals surface area (Å²) in [4.78, 5) is 2.09. The van der Waals surface area contributed by atoms with Gasteiger partial charge in [0.2, 0.25) is 0 Å². The minimum Gasteiger partial charge on any atom is -0.387 e. The fourth-order valence-electron chi connectivity index (χ4n) is 3.17. The van der Waals surface area contributed by atoms with E-state index in [1.807, 2.05) is 36.4 Å².